The van der Waals surface area contributed by atoms with Gasteiger partial charge in [-0.25, -0.2) is 4.98 Å². The number of aromatic nitrogens is 2. The van der Waals surface area contributed by atoms with Gasteiger partial charge in [-0.3, -0.25) is 0 Å². The maximum atomic E-state index is 12.0. The van der Waals surface area contributed by atoms with Crippen molar-refractivity contribution in [2.24, 2.45) is 0 Å². The van der Waals surface area contributed by atoms with E-state index in [1.165, 1.54) is 23.5 Å². The Bertz CT molecular complexity index is 303. The van der Waals surface area contributed by atoms with Gasteiger partial charge in [0.05, 0.1) is 0 Å². The molecule has 6 heteroatoms. The molecule has 1 aromatic rings. The van der Waals surface area contributed by atoms with Gasteiger partial charge < -0.3 is 4.57 Å². The molecule has 0 saturated heterocycles. The number of halogens is 4. The Morgan fingerprint density at radius 1 is 1.54 bits per heavy atom. The lowest BCUT2D eigenvalue weighted by Crippen LogP contribution is -2.17. The quantitative estimate of drug-likeness (QED) is 0.794. The highest BCUT2D eigenvalue weighted by Gasteiger charge is 2.28. The second-order valence-electron chi connectivity index (χ2n) is 2.32. The molecule has 0 unspecified atom stereocenters. The first-order valence-electron chi connectivity index (χ1n) is 3.37. The molecule has 13 heavy (non-hydrogen) atoms. The molecule has 0 aliphatic heterocycles. The van der Waals surface area contributed by atoms with Crippen molar-refractivity contribution in [1.82, 2.24) is 9.55 Å². The monoisotopic (exact) mass is 254 g/mol. The molecule has 1 aromatic heterocycles. The van der Waals surface area contributed by atoms with Gasteiger partial charge in [0.25, 0.3) is 0 Å². The first kappa shape index (κ1) is 10.3. The van der Waals surface area contributed by atoms with Crippen molar-refractivity contribution in [1.29, 1.82) is 0 Å². The molecule has 1 heterocycles. The Labute approximate surface area is 81.2 Å². The second kappa shape index (κ2) is 3.95. The zero-order valence-electron chi connectivity index (χ0n) is 6.42. The van der Waals surface area contributed by atoms with Crippen LogP contribution in [0.15, 0.2) is 17.4 Å². The topological polar surface area (TPSA) is 17.8 Å². The molecule has 0 aromatic carbocycles. The summed E-state index contributed by atoms with van der Waals surface area (Å²) in [5.41, 5.74) is 0. The van der Waals surface area contributed by atoms with E-state index in [4.69, 9.17) is 0 Å². The number of imidazole rings is 1. The van der Waals surface area contributed by atoms with Crippen LogP contribution in [0.3, 0.4) is 0 Å². The van der Waals surface area contributed by atoms with Crippen LogP contribution in [0, 0.1) is 0 Å². The van der Waals surface area contributed by atoms with Crippen LogP contribution in [0.5, 0.6) is 0 Å². The van der Waals surface area contributed by atoms with Gasteiger partial charge in [-0.1, -0.05) is 15.9 Å². The fraction of sp³-hybridized carbons (Fsp3) is 0.286. The molecule has 0 spiro atoms. The zero-order chi connectivity index (χ0) is 9.90. The molecule has 0 fully saturated rings. The predicted octanol–water partition coefficient (Wildman–Crippen LogP) is 2.81. The molecule has 0 atom stereocenters. The summed E-state index contributed by atoms with van der Waals surface area (Å²) in [6, 6.07) is 0. The largest absolute Gasteiger partial charge is 0.406 e. The highest BCUT2D eigenvalue weighted by atomic mass is 79.9. The second-order valence-corrected chi connectivity index (χ2v) is 2.85. The third kappa shape index (κ3) is 3.22. The minimum Gasteiger partial charge on any atom is -0.322 e. The zero-order valence-corrected chi connectivity index (χ0v) is 8.01. The van der Waals surface area contributed by atoms with Crippen LogP contribution in [0.4, 0.5) is 13.2 Å². The molecule has 2 nitrogen and oxygen atoms in total. The van der Waals surface area contributed by atoms with Crippen molar-refractivity contribution in [3.05, 3.63) is 23.2 Å². The average Bonchev–Trinajstić information content (AvgIpc) is 2.34. The fourth-order valence-corrected chi connectivity index (χ4v) is 1.10. The van der Waals surface area contributed by atoms with Crippen molar-refractivity contribution >= 4 is 22.0 Å². The Kier molecular flexibility index (Phi) is 3.13. The molecule has 0 amide bonds. The summed E-state index contributed by atoms with van der Waals surface area (Å²) in [7, 11) is 0. The number of hydrogen-bond donors (Lipinski definition) is 0. The van der Waals surface area contributed by atoms with Crippen molar-refractivity contribution in [2.45, 2.75) is 12.7 Å². The van der Waals surface area contributed by atoms with Gasteiger partial charge in [-0.15, -0.1) is 0 Å². The summed E-state index contributed by atoms with van der Waals surface area (Å²) in [6.07, 6.45) is -0.148. The lowest BCUT2D eigenvalue weighted by atomic mass is 10.5. The third-order valence-electron chi connectivity index (χ3n) is 1.31. The third-order valence-corrected chi connectivity index (χ3v) is 1.57. The van der Waals surface area contributed by atoms with Crippen LogP contribution in [0.1, 0.15) is 5.82 Å². The van der Waals surface area contributed by atoms with Crippen LogP contribution in [0.2, 0.25) is 0 Å². The van der Waals surface area contributed by atoms with E-state index >= 15 is 0 Å². The van der Waals surface area contributed by atoms with E-state index in [9.17, 15) is 13.2 Å². The SMILES string of the molecule is FC(F)(F)Cn1ccnc1/C=C/Br. The van der Waals surface area contributed by atoms with E-state index < -0.39 is 12.7 Å². The average molecular weight is 255 g/mol. The molecule has 1 rings (SSSR count). The number of nitrogens with zero attached hydrogens (tertiary/aromatic N) is 2. The Morgan fingerprint density at radius 2 is 2.23 bits per heavy atom. The van der Waals surface area contributed by atoms with Crippen LogP contribution in [-0.4, -0.2) is 15.7 Å². The minimum atomic E-state index is -4.21. The van der Waals surface area contributed by atoms with E-state index in [2.05, 4.69) is 20.9 Å². The molecule has 0 aliphatic carbocycles. The van der Waals surface area contributed by atoms with E-state index in [-0.39, 0.29) is 5.82 Å². The van der Waals surface area contributed by atoms with Crippen molar-refractivity contribution in [3.8, 4) is 0 Å². The van der Waals surface area contributed by atoms with Crippen LogP contribution < -0.4 is 0 Å². The standard InChI is InChI=1S/C7H6BrF3N2/c8-2-1-6-12-3-4-13(6)5-7(9,10)11/h1-4H,5H2/b2-1+. The van der Waals surface area contributed by atoms with Gasteiger partial charge in [-0.05, 0) is 11.1 Å². The highest BCUT2D eigenvalue weighted by Crippen LogP contribution is 2.18. The fourth-order valence-electron chi connectivity index (χ4n) is 0.863. The molecule has 0 N–H and O–H groups in total. The maximum Gasteiger partial charge on any atom is 0.406 e. The van der Waals surface area contributed by atoms with E-state index in [1.54, 1.807) is 0 Å². The molecule has 0 aliphatic rings. The van der Waals surface area contributed by atoms with Gasteiger partial charge in [0, 0.05) is 12.4 Å². The van der Waals surface area contributed by atoms with E-state index in [1.807, 2.05) is 0 Å². The Hall–Kier alpha value is -0.780. The van der Waals surface area contributed by atoms with Gasteiger partial charge in [0.2, 0.25) is 0 Å². The first-order valence-corrected chi connectivity index (χ1v) is 4.29. The molecular formula is C7H6BrF3N2. The van der Waals surface area contributed by atoms with E-state index in [0.29, 0.717) is 0 Å². The summed E-state index contributed by atoms with van der Waals surface area (Å²) in [4.78, 5) is 5.20. The normalized spacial score (nSPS) is 12.6. The molecule has 0 saturated carbocycles. The van der Waals surface area contributed by atoms with Crippen molar-refractivity contribution in [3.63, 3.8) is 0 Å². The summed E-state index contributed by atoms with van der Waals surface area (Å²) in [5.74, 6) is 0.272. The summed E-state index contributed by atoms with van der Waals surface area (Å²) in [5, 5.41) is 0. The Balaban J connectivity index is 2.82. The molecule has 0 bridgehead atoms. The van der Waals surface area contributed by atoms with Gasteiger partial charge in [0.1, 0.15) is 12.4 Å². The smallest absolute Gasteiger partial charge is 0.322 e. The maximum absolute atomic E-state index is 12.0. The summed E-state index contributed by atoms with van der Waals surface area (Å²) >= 11 is 2.97. The summed E-state index contributed by atoms with van der Waals surface area (Å²) < 4.78 is 36.9. The Morgan fingerprint density at radius 3 is 2.77 bits per heavy atom. The van der Waals surface area contributed by atoms with Crippen LogP contribution in [0.25, 0.3) is 6.08 Å². The van der Waals surface area contributed by atoms with Gasteiger partial charge in [-0.2, -0.15) is 13.2 Å². The van der Waals surface area contributed by atoms with Crippen molar-refractivity contribution < 1.29 is 13.2 Å². The lowest BCUT2D eigenvalue weighted by molar-refractivity contribution is -0.140. The van der Waals surface area contributed by atoms with Gasteiger partial charge >= 0.3 is 6.18 Å². The van der Waals surface area contributed by atoms with Crippen molar-refractivity contribution in [2.75, 3.05) is 0 Å². The lowest BCUT2D eigenvalue weighted by Gasteiger charge is -2.08. The summed E-state index contributed by atoms with van der Waals surface area (Å²) in [6.45, 7) is -1.01. The van der Waals surface area contributed by atoms with Crippen LogP contribution in [-0.2, 0) is 6.54 Å². The molecular weight excluding hydrogens is 249 g/mol. The van der Waals surface area contributed by atoms with Gasteiger partial charge in [0.15, 0.2) is 0 Å². The molecule has 0 radical (unpaired) electrons. The first-order chi connectivity index (χ1) is 6.03. The predicted molar refractivity (Wildman–Crippen MR) is 46.2 cm³/mol. The van der Waals surface area contributed by atoms with E-state index in [0.717, 1.165) is 4.57 Å². The number of hydrogen-bond acceptors (Lipinski definition) is 1. The number of rotatable bonds is 2. The highest BCUT2D eigenvalue weighted by molar-refractivity contribution is 9.11. The minimum absolute atomic E-state index is 0.272. The van der Waals surface area contributed by atoms with Crippen LogP contribution >= 0.6 is 15.9 Å². The number of alkyl halides is 3. The molecule has 72 valence electrons.